The smallest absolute Gasteiger partial charge is 0.309 e. The van der Waals surface area contributed by atoms with Crippen LogP contribution in [0.1, 0.15) is 12.0 Å². The maximum atomic E-state index is 13.2. The van der Waals surface area contributed by atoms with Crippen molar-refractivity contribution in [3.05, 3.63) is 29.8 Å². The molecule has 1 aromatic rings. The van der Waals surface area contributed by atoms with Crippen molar-refractivity contribution < 1.29 is 23.4 Å². The zero-order chi connectivity index (χ0) is 12.2. The summed E-state index contributed by atoms with van der Waals surface area (Å²) in [6.07, 6.45) is -1.76. The van der Waals surface area contributed by atoms with E-state index in [1.165, 1.54) is 19.2 Å². The van der Waals surface area contributed by atoms with Crippen LogP contribution in [0.15, 0.2) is 24.3 Å². The monoisotopic (exact) mass is 230 g/mol. The van der Waals surface area contributed by atoms with Crippen LogP contribution >= 0.6 is 0 Å². The minimum atomic E-state index is -3.24. The molecule has 0 aliphatic rings. The third kappa shape index (κ3) is 3.84. The molecule has 3 nitrogen and oxygen atoms in total. The van der Waals surface area contributed by atoms with Crippen LogP contribution in [0.2, 0.25) is 0 Å². The maximum absolute atomic E-state index is 13.2. The van der Waals surface area contributed by atoms with Crippen LogP contribution in [0.4, 0.5) is 8.78 Å². The number of methoxy groups -OCH3 is 1. The van der Waals surface area contributed by atoms with Gasteiger partial charge < -0.3 is 9.84 Å². The van der Waals surface area contributed by atoms with E-state index in [4.69, 9.17) is 9.84 Å². The van der Waals surface area contributed by atoms with Gasteiger partial charge in [0.25, 0.3) is 5.92 Å². The first-order valence-electron chi connectivity index (χ1n) is 4.65. The zero-order valence-electron chi connectivity index (χ0n) is 8.74. The van der Waals surface area contributed by atoms with E-state index in [0.29, 0.717) is 11.3 Å². The second-order valence-corrected chi connectivity index (χ2v) is 3.45. The zero-order valence-corrected chi connectivity index (χ0v) is 8.74. The molecular weight excluding hydrogens is 218 g/mol. The summed E-state index contributed by atoms with van der Waals surface area (Å²) >= 11 is 0. The Hall–Kier alpha value is -1.65. The van der Waals surface area contributed by atoms with E-state index in [-0.39, 0.29) is 0 Å². The predicted octanol–water partition coefficient (Wildman–Crippen LogP) is 2.35. The average Bonchev–Trinajstić information content (AvgIpc) is 2.15. The molecule has 0 amide bonds. The minimum absolute atomic E-state index is 0.352. The molecule has 0 bridgehead atoms. The second-order valence-electron chi connectivity index (χ2n) is 3.45. The number of carboxylic acid groups (broad SMARTS) is 1. The summed E-state index contributed by atoms with van der Waals surface area (Å²) in [5, 5.41) is 8.32. The van der Waals surface area contributed by atoms with Gasteiger partial charge in [0.1, 0.15) is 12.2 Å². The van der Waals surface area contributed by atoms with Crippen LogP contribution in [0.25, 0.3) is 0 Å². The highest BCUT2D eigenvalue weighted by Gasteiger charge is 2.32. The maximum Gasteiger partial charge on any atom is 0.309 e. The second kappa shape index (κ2) is 4.92. The summed E-state index contributed by atoms with van der Waals surface area (Å²) in [6, 6.07) is 6.21. The quantitative estimate of drug-likeness (QED) is 0.844. The fourth-order valence-electron chi connectivity index (χ4n) is 1.36. The first-order valence-corrected chi connectivity index (χ1v) is 4.65. The van der Waals surface area contributed by atoms with Crippen LogP contribution in [-0.2, 0) is 11.2 Å². The Balaban J connectivity index is 2.75. The molecule has 1 rings (SSSR count). The third-order valence-corrected chi connectivity index (χ3v) is 2.01. The summed E-state index contributed by atoms with van der Waals surface area (Å²) in [7, 11) is 1.44. The van der Waals surface area contributed by atoms with Gasteiger partial charge in [0, 0.05) is 6.42 Å². The van der Waals surface area contributed by atoms with Crippen molar-refractivity contribution in [2.24, 2.45) is 0 Å². The predicted molar refractivity (Wildman–Crippen MR) is 53.9 cm³/mol. The van der Waals surface area contributed by atoms with Crippen LogP contribution < -0.4 is 4.74 Å². The molecule has 1 aromatic carbocycles. The van der Waals surface area contributed by atoms with Crippen LogP contribution in [-0.4, -0.2) is 24.1 Å². The van der Waals surface area contributed by atoms with E-state index in [1.54, 1.807) is 12.1 Å². The number of halogens is 2. The van der Waals surface area contributed by atoms with E-state index >= 15 is 0 Å². The van der Waals surface area contributed by atoms with Gasteiger partial charge in [0.2, 0.25) is 0 Å². The lowest BCUT2D eigenvalue weighted by Gasteiger charge is -2.14. The molecule has 0 heterocycles. The summed E-state index contributed by atoms with van der Waals surface area (Å²) in [6.45, 7) is 0. The number of rotatable bonds is 5. The van der Waals surface area contributed by atoms with Gasteiger partial charge in [-0.15, -0.1) is 0 Å². The van der Waals surface area contributed by atoms with Crippen LogP contribution in [0, 0.1) is 0 Å². The third-order valence-electron chi connectivity index (χ3n) is 2.01. The first-order chi connectivity index (χ1) is 7.43. The summed E-state index contributed by atoms with van der Waals surface area (Å²) < 4.78 is 31.2. The number of carboxylic acids is 1. The van der Waals surface area contributed by atoms with Crippen molar-refractivity contribution >= 4 is 5.97 Å². The van der Waals surface area contributed by atoms with Gasteiger partial charge in [0.05, 0.1) is 7.11 Å². The molecule has 0 radical (unpaired) electrons. The lowest BCUT2D eigenvalue weighted by molar-refractivity contribution is -0.144. The van der Waals surface area contributed by atoms with E-state index in [2.05, 4.69) is 0 Å². The summed E-state index contributed by atoms with van der Waals surface area (Å²) in [5.74, 6) is -4.27. The minimum Gasteiger partial charge on any atom is -0.497 e. The van der Waals surface area contributed by atoms with Crippen molar-refractivity contribution in [3.63, 3.8) is 0 Å². The Labute approximate surface area is 91.7 Å². The first kappa shape index (κ1) is 12.4. The highest BCUT2D eigenvalue weighted by atomic mass is 19.3. The summed E-state index contributed by atoms with van der Waals surface area (Å²) in [5.41, 5.74) is 0.352. The molecule has 0 saturated carbocycles. The van der Waals surface area contributed by atoms with Crippen LogP contribution in [0.3, 0.4) is 0 Å². The van der Waals surface area contributed by atoms with Gasteiger partial charge in [-0.2, -0.15) is 0 Å². The molecule has 0 aliphatic carbocycles. The highest BCUT2D eigenvalue weighted by Crippen LogP contribution is 2.25. The van der Waals surface area contributed by atoms with Crippen molar-refractivity contribution in [3.8, 4) is 5.75 Å². The van der Waals surface area contributed by atoms with Gasteiger partial charge >= 0.3 is 5.97 Å². The molecular formula is C11H12F2O3. The van der Waals surface area contributed by atoms with Gasteiger partial charge in [-0.1, -0.05) is 12.1 Å². The number of benzene rings is 1. The number of alkyl halides is 2. The van der Waals surface area contributed by atoms with Crippen molar-refractivity contribution in [1.82, 2.24) is 0 Å². The van der Waals surface area contributed by atoms with E-state index in [0.717, 1.165) is 0 Å². The Morgan fingerprint density at radius 1 is 1.50 bits per heavy atom. The lowest BCUT2D eigenvalue weighted by Crippen LogP contribution is -2.23. The van der Waals surface area contributed by atoms with Gasteiger partial charge in [-0.3, -0.25) is 4.79 Å². The number of ether oxygens (including phenoxy) is 1. The standard InChI is InChI=1S/C11H12F2O3/c1-16-9-4-2-3-8(5-9)6-11(12,13)7-10(14)15/h2-5H,6-7H2,1H3,(H,14,15). The SMILES string of the molecule is COc1cccc(CC(F)(F)CC(=O)O)c1. The van der Waals surface area contributed by atoms with E-state index in [1.807, 2.05) is 0 Å². The number of hydrogen-bond donors (Lipinski definition) is 1. The molecule has 16 heavy (non-hydrogen) atoms. The van der Waals surface area contributed by atoms with Gasteiger partial charge in [-0.05, 0) is 17.7 Å². The Bertz CT molecular complexity index is 377. The molecule has 88 valence electrons. The molecule has 0 aromatic heterocycles. The molecule has 5 heteroatoms. The molecule has 0 atom stereocenters. The van der Waals surface area contributed by atoms with Gasteiger partial charge in [-0.25, -0.2) is 8.78 Å². The van der Waals surface area contributed by atoms with Crippen molar-refractivity contribution in [2.45, 2.75) is 18.8 Å². The molecule has 0 fully saturated rings. The van der Waals surface area contributed by atoms with Crippen molar-refractivity contribution in [1.29, 1.82) is 0 Å². The number of hydrogen-bond acceptors (Lipinski definition) is 2. The Morgan fingerprint density at radius 3 is 2.75 bits per heavy atom. The number of aliphatic carboxylic acids is 1. The normalized spacial score (nSPS) is 11.2. The highest BCUT2D eigenvalue weighted by molar-refractivity contribution is 5.67. The Morgan fingerprint density at radius 2 is 2.19 bits per heavy atom. The molecule has 1 N–H and O–H groups in total. The van der Waals surface area contributed by atoms with E-state index < -0.39 is 24.7 Å². The van der Waals surface area contributed by atoms with E-state index in [9.17, 15) is 13.6 Å². The molecule has 0 saturated heterocycles. The Kier molecular flexibility index (Phi) is 3.82. The largest absolute Gasteiger partial charge is 0.497 e. The lowest BCUT2D eigenvalue weighted by atomic mass is 10.0. The number of carbonyl (C=O) groups is 1. The average molecular weight is 230 g/mol. The van der Waals surface area contributed by atoms with Crippen LogP contribution in [0.5, 0.6) is 5.75 Å². The van der Waals surface area contributed by atoms with Crippen molar-refractivity contribution in [2.75, 3.05) is 7.11 Å². The molecule has 0 spiro atoms. The molecule has 0 aliphatic heterocycles. The fourth-order valence-corrected chi connectivity index (χ4v) is 1.36. The summed E-state index contributed by atoms with van der Waals surface area (Å²) in [4.78, 5) is 10.2. The molecule has 0 unspecified atom stereocenters. The van der Waals surface area contributed by atoms with Gasteiger partial charge in [0.15, 0.2) is 0 Å². The fraction of sp³-hybridized carbons (Fsp3) is 0.364. The topological polar surface area (TPSA) is 46.5 Å².